The van der Waals surface area contributed by atoms with E-state index in [0.29, 0.717) is 30.2 Å². The van der Waals surface area contributed by atoms with Crippen molar-refractivity contribution in [2.75, 3.05) is 6.54 Å². The van der Waals surface area contributed by atoms with Crippen LogP contribution in [0.15, 0.2) is 72.8 Å². The van der Waals surface area contributed by atoms with Gasteiger partial charge in [0.05, 0.1) is 6.42 Å². The molecule has 0 unspecified atom stereocenters. The summed E-state index contributed by atoms with van der Waals surface area (Å²) in [6.07, 6.45) is 0.735. The van der Waals surface area contributed by atoms with Crippen molar-refractivity contribution < 1.29 is 23.9 Å². The van der Waals surface area contributed by atoms with Gasteiger partial charge in [-0.25, -0.2) is 0 Å². The minimum atomic E-state index is -0.634. The van der Waals surface area contributed by atoms with Crippen molar-refractivity contribution in [3.8, 4) is 11.5 Å². The van der Waals surface area contributed by atoms with E-state index in [4.69, 9.17) is 4.74 Å². The number of carbonyl (C=O) groups is 3. The molecule has 0 saturated carbocycles. The monoisotopic (exact) mass is 471 g/mol. The normalized spacial score (nSPS) is 10.4. The van der Waals surface area contributed by atoms with E-state index in [2.05, 4.69) is 29.8 Å². The van der Waals surface area contributed by atoms with Crippen molar-refractivity contribution >= 4 is 30.6 Å². The summed E-state index contributed by atoms with van der Waals surface area (Å²) in [7, 11) is 0.866. The zero-order chi connectivity index (χ0) is 25.2. The molecule has 6 nitrogen and oxygen atoms in total. The molecule has 0 atom stereocenters. The van der Waals surface area contributed by atoms with Gasteiger partial charge >= 0.3 is 11.9 Å². The molecule has 0 saturated heterocycles. The standard InChI is InChI=1S/C28H30BNO5/c1-20(31)30(15-14-22-8-5-4-6-9-22)19-24-18-25(29-3)12-13-27(24)35-26-11-7-10-23(16-26)17-28(33)34-21(2)32/h4-13,16,18,29H,14-15,17,19H2,1-3H3. The van der Waals surface area contributed by atoms with E-state index in [1.165, 1.54) is 12.5 Å². The molecule has 0 aromatic heterocycles. The van der Waals surface area contributed by atoms with E-state index in [-0.39, 0.29) is 12.3 Å². The summed E-state index contributed by atoms with van der Waals surface area (Å²) in [5.74, 6) is -0.0397. The lowest BCUT2D eigenvalue weighted by atomic mass is 9.73. The largest absolute Gasteiger partial charge is 0.457 e. The smallest absolute Gasteiger partial charge is 0.317 e. The highest BCUT2D eigenvalue weighted by molar-refractivity contribution is 6.51. The van der Waals surface area contributed by atoms with Gasteiger partial charge in [0.1, 0.15) is 11.5 Å². The molecule has 0 aliphatic heterocycles. The van der Waals surface area contributed by atoms with Crippen LogP contribution in [0.1, 0.15) is 30.5 Å². The van der Waals surface area contributed by atoms with Crippen LogP contribution in [-0.4, -0.2) is 36.6 Å². The van der Waals surface area contributed by atoms with Crippen molar-refractivity contribution in [2.24, 2.45) is 0 Å². The number of nitrogens with zero attached hydrogens (tertiary/aromatic N) is 1. The van der Waals surface area contributed by atoms with E-state index >= 15 is 0 Å². The molecule has 0 radical (unpaired) electrons. The molecule has 0 aliphatic rings. The predicted molar refractivity (Wildman–Crippen MR) is 137 cm³/mol. The molecule has 0 heterocycles. The minimum absolute atomic E-state index is 0.000219. The molecule has 3 aromatic rings. The van der Waals surface area contributed by atoms with Gasteiger partial charge in [-0.2, -0.15) is 0 Å². The summed E-state index contributed by atoms with van der Waals surface area (Å²) >= 11 is 0. The molecule has 7 heteroatoms. The van der Waals surface area contributed by atoms with Crippen molar-refractivity contribution in [3.63, 3.8) is 0 Å². The second-order valence-electron chi connectivity index (χ2n) is 8.36. The summed E-state index contributed by atoms with van der Waals surface area (Å²) in [5, 5.41) is 0. The first-order valence-electron chi connectivity index (χ1n) is 11.7. The lowest BCUT2D eigenvalue weighted by molar-refractivity contribution is -0.157. The Bertz CT molecular complexity index is 1180. The molecule has 180 valence electrons. The van der Waals surface area contributed by atoms with Crippen LogP contribution in [0.25, 0.3) is 0 Å². The molecule has 0 N–H and O–H groups in total. The van der Waals surface area contributed by atoms with E-state index in [1.54, 1.807) is 31.2 Å². The summed E-state index contributed by atoms with van der Waals surface area (Å²) in [6, 6.07) is 23.2. The number of amides is 1. The number of hydrogen-bond acceptors (Lipinski definition) is 5. The van der Waals surface area contributed by atoms with Crippen LogP contribution < -0.4 is 10.2 Å². The highest BCUT2D eigenvalue weighted by Gasteiger charge is 2.15. The van der Waals surface area contributed by atoms with Crippen LogP contribution in [-0.2, 0) is 38.5 Å². The Hall–Kier alpha value is -3.87. The molecule has 0 bridgehead atoms. The van der Waals surface area contributed by atoms with Crippen LogP contribution in [0.2, 0.25) is 6.82 Å². The van der Waals surface area contributed by atoms with E-state index < -0.39 is 11.9 Å². The van der Waals surface area contributed by atoms with Gasteiger partial charge in [0.25, 0.3) is 0 Å². The van der Waals surface area contributed by atoms with Gasteiger partial charge in [0, 0.05) is 32.5 Å². The second-order valence-corrected chi connectivity index (χ2v) is 8.36. The molecule has 3 aromatic carbocycles. The van der Waals surface area contributed by atoms with Crippen LogP contribution in [0.5, 0.6) is 11.5 Å². The fraction of sp³-hybridized carbons (Fsp3) is 0.250. The van der Waals surface area contributed by atoms with Crippen LogP contribution >= 0.6 is 0 Å². The van der Waals surface area contributed by atoms with Crippen LogP contribution in [0.4, 0.5) is 0 Å². The summed E-state index contributed by atoms with van der Waals surface area (Å²) in [4.78, 5) is 37.1. The van der Waals surface area contributed by atoms with Crippen molar-refractivity contribution in [1.82, 2.24) is 4.90 Å². The van der Waals surface area contributed by atoms with Crippen molar-refractivity contribution in [2.45, 2.75) is 40.1 Å². The number of ether oxygens (including phenoxy) is 2. The lowest BCUT2D eigenvalue weighted by Gasteiger charge is -2.23. The fourth-order valence-electron chi connectivity index (χ4n) is 3.75. The Labute approximate surface area is 207 Å². The third-order valence-corrected chi connectivity index (χ3v) is 5.59. The van der Waals surface area contributed by atoms with Gasteiger partial charge in [0.2, 0.25) is 5.91 Å². The SMILES string of the molecule is CBc1ccc(Oc2cccc(CC(=O)OC(C)=O)c2)c(CN(CCc2ccccc2)C(C)=O)c1. The maximum Gasteiger partial charge on any atom is 0.317 e. The fourth-order valence-corrected chi connectivity index (χ4v) is 3.75. The third kappa shape index (κ3) is 8.14. The molecule has 0 aliphatic carbocycles. The first kappa shape index (κ1) is 25.8. The predicted octanol–water partition coefficient (Wildman–Crippen LogP) is 3.81. The van der Waals surface area contributed by atoms with Gasteiger partial charge in [-0.1, -0.05) is 66.9 Å². The van der Waals surface area contributed by atoms with E-state index in [1.807, 2.05) is 35.2 Å². The molecule has 0 spiro atoms. The average molecular weight is 471 g/mol. The summed E-state index contributed by atoms with van der Waals surface area (Å²) < 4.78 is 10.8. The molecule has 3 rings (SSSR count). The topological polar surface area (TPSA) is 72.9 Å². The zero-order valence-electron chi connectivity index (χ0n) is 20.5. The highest BCUT2D eigenvalue weighted by atomic mass is 16.6. The summed E-state index contributed by atoms with van der Waals surface area (Å²) in [6.45, 7) is 5.89. The van der Waals surface area contributed by atoms with Gasteiger partial charge in [-0.15, -0.1) is 0 Å². The average Bonchev–Trinajstić information content (AvgIpc) is 2.82. The van der Waals surface area contributed by atoms with Gasteiger partial charge in [0.15, 0.2) is 7.28 Å². The Kier molecular flexibility index (Phi) is 9.24. The number of esters is 2. The van der Waals surface area contributed by atoms with Gasteiger partial charge < -0.3 is 14.4 Å². The molecular weight excluding hydrogens is 441 g/mol. The summed E-state index contributed by atoms with van der Waals surface area (Å²) in [5.41, 5.74) is 3.92. The maximum atomic E-state index is 12.4. The first-order chi connectivity index (χ1) is 16.8. The minimum Gasteiger partial charge on any atom is -0.457 e. The van der Waals surface area contributed by atoms with Gasteiger partial charge in [-0.05, 0) is 35.7 Å². The lowest BCUT2D eigenvalue weighted by Crippen LogP contribution is -2.31. The number of rotatable bonds is 10. The van der Waals surface area contributed by atoms with Crippen LogP contribution in [0, 0.1) is 0 Å². The van der Waals surface area contributed by atoms with E-state index in [9.17, 15) is 14.4 Å². The molecule has 35 heavy (non-hydrogen) atoms. The van der Waals surface area contributed by atoms with Crippen molar-refractivity contribution in [3.05, 3.63) is 89.5 Å². The quantitative estimate of drug-likeness (QED) is 0.256. The molecule has 0 fully saturated rings. The second kappa shape index (κ2) is 12.6. The van der Waals surface area contributed by atoms with Gasteiger partial charge in [-0.3, -0.25) is 14.4 Å². The Morgan fingerprint density at radius 2 is 1.63 bits per heavy atom. The number of carbonyl (C=O) groups excluding carboxylic acids is 3. The van der Waals surface area contributed by atoms with Crippen LogP contribution in [0.3, 0.4) is 0 Å². The highest BCUT2D eigenvalue weighted by Crippen LogP contribution is 2.27. The maximum absolute atomic E-state index is 12.4. The molecule has 1 amide bonds. The number of hydrogen-bond donors (Lipinski definition) is 0. The Morgan fingerprint density at radius 3 is 2.31 bits per heavy atom. The zero-order valence-corrected chi connectivity index (χ0v) is 20.5. The Balaban J connectivity index is 1.78. The molecular formula is C28H30BNO5. The van der Waals surface area contributed by atoms with Crippen molar-refractivity contribution in [1.29, 1.82) is 0 Å². The first-order valence-corrected chi connectivity index (χ1v) is 11.7. The third-order valence-electron chi connectivity index (χ3n) is 5.59. The number of benzene rings is 3. The van der Waals surface area contributed by atoms with E-state index in [0.717, 1.165) is 24.7 Å². The Morgan fingerprint density at radius 1 is 0.886 bits per heavy atom.